The van der Waals surface area contributed by atoms with Crippen LogP contribution in [0.25, 0.3) is 0 Å². The van der Waals surface area contributed by atoms with Gasteiger partial charge in [0.1, 0.15) is 0 Å². The molecule has 0 aromatic heterocycles. The highest BCUT2D eigenvalue weighted by atomic mass is 35.5. The Morgan fingerprint density at radius 1 is 1.21 bits per heavy atom. The maximum atomic E-state index is 13.2. The van der Waals surface area contributed by atoms with E-state index < -0.39 is 5.54 Å². The summed E-state index contributed by atoms with van der Waals surface area (Å²) in [5.74, 6) is 0.270. The molecule has 6 nitrogen and oxygen atoms in total. The Balaban J connectivity index is 1.51. The molecule has 4 unspecified atom stereocenters. The lowest BCUT2D eigenvalue weighted by atomic mass is 10.1. The Labute approximate surface area is 204 Å². The summed E-state index contributed by atoms with van der Waals surface area (Å²) in [6.45, 7) is 8.31. The van der Waals surface area contributed by atoms with Crippen molar-refractivity contribution in [2.45, 2.75) is 45.8 Å². The number of nitrogens with one attached hydrogen (secondary N) is 1. The third kappa shape index (κ3) is 4.34. The van der Waals surface area contributed by atoms with Crippen LogP contribution in [0.2, 0.25) is 10.0 Å². The van der Waals surface area contributed by atoms with E-state index in [1.54, 1.807) is 24.3 Å². The van der Waals surface area contributed by atoms with Crippen molar-refractivity contribution in [1.29, 1.82) is 0 Å². The van der Waals surface area contributed by atoms with E-state index in [4.69, 9.17) is 28.9 Å². The van der Waals surface area contributed by atoms with Crippen molar-refractivity contribution in [1.82, 2.24) is 10.2 Å². The highest BCUT2D eigenvalue weighted by Gasteiger charge is 2.69. The fourth-order valence-electron chi connectivity index (χ4n) is 5.05. The first-order valence-electron chi connectivity index (χ1n) is 11.0. The lowest BCUT2D eigenvalue weighted by Crippen LogP contribution is -2.47. The number of hydrogen-bond donors (Lipinski definition) is 2. The van der Waals surface area contributed by atoms with Gasteiger partial charge in [-0.1, -0.05) is 55.2 Å². The van der Waals surface area contributed by atoms with Crippen LogP contribution in [0.3, 0.4) is 0 Å². The molecule has 0 bridgehead atoms. The van der Waals surface area contributed by atoms with E-state index in [0.717, 1.165) is 11.1 Å². The monoisotopic (exact) mass is 486 g/mol. The first kappa shape index (κ1) is 23.6. The van der Waals surface area contributed by atoms with Crippen molar-refractivity contribution in [3.05, 3.63) is 69.2 Å². The summed E-state index contributed by atoms with van der Waals surface area (Å²) < 4.78 is 0. The van der Waals surface area contributed by atoms with E-state index >= 15 is 0 Å². The van der Waals surface area contributed by atoms with Gasteiger partial charge >= 0.3 is 0 Å². The van der Waals surface area contributed by atoms with Crippen molar-refractivity contribution in [2.75, 3.05) is 0 Å². The molecule has 1 heterocycles. The fraction of sp³-hybridized carbons (Fsp3) is 0.400. The molecule has 1 aliphatic carbocycles. The van der Waals surface area contributed by atoms with Gasteiger partial charge in [0, 0.05) is 10.9 Å². The van der Waals surface area contributed by atoms with Crippen molar-refractivity contribution in [3.63, 3.8) is 0 Å². The van der Waals surface area contributed by atoms with Crippen LogP contribution in [0.1, 0.15) is 55.2 Å². The molecule has 2 aromatic carbocycles. The van der Waals surface area contributed by atoms with Crippen LogP contribution in [0.5, 0.6) is 0 Å². The molecule has 0 radical (unpaired) electrons. The molecule has 4 rings (SSSR count). The van der Waals surface area contributed by atoms with Crippen LogP contribution in [0, 0.1) is 17.8 Å². The number of guanidine groups is 1. The van der Waals surface area contributed by atoms with E-state index in [-0.39, 0.29) is 42.2 Å². The standard InChI is InChI=1S/C25H28Cl2N4O2/c1-13(2)20-21-23(33)31(24(28)30-25(20,21)4)12-15-8-9-19(27)18(10-15)22(32)29-14(3)16-6-5-7-17(26)11-16/h5-11,13-14,20-21H,12H2,1-4H3,(H2,28,30)(H,29,32). The third-order valence-electron chi connectivity index (χ3n) is 6.75. The molecule has 3 N–H and O–H groups in total. The maximum Gasteiger partial charge on any atom is 0.253 e. The first-order valence-corrected chi connectivity index (χ1v) is 11.8. The minimum absolute atomic E-state index is 0.0146. The number of fused-ring (bicyclic) bond motifs is 1. The number of halogens is 2. The van der Waals surface area contributed by atoms with Crippen LogP contribution in [0.4, 0.5) is 0 Å². The zero-order valence-electron chi connectivity index (χ0n) is 19.1. The van der Waals surface area contributed by atoms with Crippen LogP contribution in [0.15, 0.2) is 47.5 Å². The van der Waals surface area contributed by atoms with Crippen LogP contribution >= 0.6 is 23.2 Å². The van der Waals surface area contributed by atoms with E-state index in [1.807, 2.05) is 32.0 Å². The zero-order valence-corrected chi connectivity index (χ0v) is 20.6. The molecular formula is C25H28Cl2N4O2. The quantitative estimate of drug-likeness (QED) is 0.614. The largest absolute Gasteiger partial charge is 0.369 e. The Morgan fingerprint density at radius 2 is 1.94 bits per heavy atom. The molecule has 2 amide bonds. The molecule has 2 aromatic rings. The van der Waals surface area contributed by atoms with Gasteiger partial charge in [-0.05, 0) is 55.2 Å². The summed E-state index contributed by atoms with van der Waals surface area (Å²) in [5.41, 5.74) is 7.75. The molecule has 1 saturated carbocycles. The molecule has 4 atom stereocenters. The fourth-order valence-corrected chi connectivity index (χ4v) is 5.45. The number of amides is 2. The lowest BCUT2D eigenvalue weighted by molar-refractivity contribution is -0.130. The van der Waals surface area contributed by atoms with Gasteiger partial charge in [0.2, 0.25) is 5.91 Å². The summed E-state index contributed by atoms with van der Waals surface area (Å²) >= 11 is 12.4. The van der Waals surface area contributed by atoms with Crippen molar-refractivity contribution in [3.8, 4) is 0 Å². The molecule has 2 aliphatic rings. The molecule has 8 heteroatoms. The highest BCUT2D eigenvalue weighted by molar-refractivity contribution is 6.33. The molecule has 1 fully saturated rings. The third-order valence-corrected chi connectivity index (χ3v) is 7.31. The topological polar surface area (TPSA) is 87.8 Å². The highest BCUT2D eigenvalue weighted by Crippen LogP contribution is 2.59. The van der Waals surface area contributed by atoms with E-state index in [9.17, 15) is 9.59 Å². The Bertz CT molecular complexity index is 1150. The zero-order chi connectivity index (χ0) is 24.1. The second-order valence-electron chi connectivity index (χ2n) is 9.43. The Kier molecular flexibility index (Phi) is 6.18. The SMILES string of the molecule is CC(NC(=O)c1cc(CN2C(=O)C3C(C(C)C)C3(C)N=C2N)ccc1Cl)c1cccc(Cl)c1. The Hall–Kier alpha value is -2.57. The van der Waals surface area contributed by atoms with Gasteiger partial charge in [-0.15, -0.1) is 0 Å². The number of aliphatic imine (C=N–C) groups is 1. The van der Waals surface area contributed by atoms with Crippen LogP contribution < -0.4 is 11.1 Å². The summed E-state index contributed by atoms with van der Waals surface area (Å²) in [6.07, 6.45) is 0. The summed E-state index contributed by atoms with van der Waals surface area (Å²) in [6, 6.07) is 12.2. The minimum Gasteiger partial charge on any atom is -0.369 e. The van der Waals surface area contributed by atoms with Gasteiger partial charge in [0.15, 0.2) is 5.96 Å². The van der Waals surface area contributed by atoms with E-state index in [1.165, 1.54) is 4.90 Å². The predicted octanol–water partition coefficient (Wildman–Crippen LogP) is 4.80. The van der Waals surface area contributed by atoms with Crippen molar-refractivity contribution in [2.24, 2.45) is 28.5 Å². The molecule has 0 spiro atoms. The number of carbonyl (C=O) groups excluding carboxylic acids is 2. The number of nitrogens with zero attached hydrogens (tertiary/aromatic N) is 2. The average molecular weight is 487 g/mol. The number of rotatable bonds is 6. The molecular weight excluding hydrogens is 459 g/mol. The minimum atomic E-state index is -0.409. The second-order valence-corrected chi connectivity index (χ2v) is 10.3. The van der Waals surface area contributed by atoms with Crippen LogP contribution in [-0.2, 0) is 11.3 Å². The second kappa shape index (κ2) is 8.65. The predicted molar refractivity (Wildman–Crippen MR) is 131 cm³/mol. The number of carbonyl (C=O) groups is 2. The molecule has 33 heavy (non-hydrogen) atoms. The normalized spacial score (nSPS) is 24.9. The average Bonchev–Trinajstić information content (AvgIpc) is 3.37. The van der Waals surface area contributed by atoms with Gasteiger partial charge in [-0.2, -0.15) is 0 Å². The molecule has 174 valence electrons. The number of benzene rings is 2. The van der Waals surface area contributed by atoms with Gasteiger partial charge < -0.3 is 11.1 Å². The van der Waals surface area contributed by atoms with Crippen molar-refractivity contribution < 1.29 is 9.59 Å². The van der Waals surface area contributed by atoms with E-state index in [0.29, 0.717) is 21.5 Å². The Morgan fingerprint density at radius 3 is 2.61 bits per heavy atom. The van der Waals surface area contributed by atoms with Gasteiger partial charge in [0.05, 0.1) is 34.6 Å². The molecule has 0 saturated heterocycles. The summed E-state index contributed by atoms with van der Waals surface area (Å²) in [4.78, 5) is 32.3. The van der Waals surface area contributed by atoms with Gasteiger partial charge in [-0.25, -0.2) is 4.99 Å². The smallest absolute Gasteiger partial charge is 0.253 e. The molecule has 1 aliphatic heterocycles. The van der Waals surface area contributed by atoms with Gasteiger partial charge in [-0.3, -0.25) is 14.5 Å². The summed E-state index contributed by atoms with van der Waals surface area (Å²) in [7, 11) is 0. The maximum absolute atomic E-state index is 13.2. The van der Waals surface area contributed by atoms with Gasteiger partial charge in [0.25, 0.3) is 5.91 Å². The summed E-state index contributed by atoms with van der Waals surface area (Å²) in [5, 5.41) is 3.89. The number of nitrogens with two attached hydrogens (primary N) is 1. The van der Waals surface area contributed by atoms with E-state index in [2.05, 4.69) is 24.2 Å². The lowest BCUT2D eigenvalue weighted by Gasteiger charge is -2.27. The number of hydrogen-bond acceptors (Lipinski definition) is 4. The van der Waals surface area contributed by atoms with Crippen molar-refractivity contribution >= 4 is 41.0 Å². The van der Waals surface area contributed by atoms with Crippen LogP contribution in [-0.4, -0.2) is 28.2 Å². The first-order chi connectivity index (χ1) is 15.5.